The number of aryl methyl sites for hydroxylation is 2. The second kappa shape index (κ2) is 5.44. The Hall–Kier alpha value is -2.18. The Labute approximate surface area is 117 Å². The lowest BCUT2D eigenvalue weighted by Crippen LogP contribution is -2.21. The first-order chi connectivity index (χ1) is 9.36. The fourth-order valence-corrected chi connectivity index (χ4v) is 1.67. The van der Waals surface area contributed by atoms with Gasteiger partial charge in [-0.1, -0.05) is 20.8 Å². The van der Waals surface area contributed by atoms with Gasteiger partial charge in [0.15, 0.2) is 5.89 Å². The molecule has 0 atom stereocenters. The molecule has 0 saturated heterocycles. The molecule has 0 spiro atoms. The maximum atomic E-state index is 11.7. The van der Waals surface area contributed by atoms with Crippen LogP contribution in [0.25, 0.3) is 0 Å². The molecule has 0 saturated carbocycles. The summed E-state index contributed by atoms with van der Waals surface area (Å²) in [5, 5.41) is 7.22. The second-order valence-electron chi connectivity index (χ2n) is 5.68. The molecule has 7 nitrogen and oxygen atoms in total. The van der Waals surface area contributed by atoms with E-state index in [1.165, 1.54) is 17.3 Å². The Balaban J connectivity index is 1.94. The van der Waals surface area contributed by atoms with Gasteiger partial charge < -0.3 is 4.42 Å². The summed E-state index contributed by atoms with van der Waals surface area (Å²) in [5.41, 5.74) is 3.35. The van der Waals surface area contributed by atoms with Gasteiger partial charge in [0.2, 0.25) is 5.91 Å². The lowest BCUT2D eigenvalue weighted by Gasteiger charge is -2.12. The van der Waals surface area contributed by atoms with Gasteiger partial charge in [0.05, 0.1) is 5.69 Å². The van der Waals surface area contributed by atoms with Crippen LogP contribution in [0, 0.1) is 6.92 Å². The molecule has 1 amide bonds. The number of hydrogen-bond donors (Lipinski definition) is 1. The first kappa shape index (κ1) is 14.2. The Kier molecular flexibility index (Phi) is 3.87. The van der Waals surface area contributed by atoms with Crippen LogP contribution in [0.5, 0.6) is 0 Å². The van der Waals surface area contributed by atoms with Gasteiger partial charge in [-0.05, 0) is 6.92 Å². The monoisotopic (exact) mass is 277 g/mol. The van der Waals surface area contributed by atoms with Crippen molar-refractivity contribution in [2.24, 2.45) is 0 Å². The van der Waals surface area contributed by atoms with Crippen LogP contribution in [0.15, 0.2) is 17.1 Å². The highest BCUT2D eigenvalue weighted by Crippen LogP contribution is 2.24. The van der Waals surface area contributed by atoms with Crippen LogP contribution in [0.1, 0.15) is 44.5 Å². The van der Waals surface area contributed by atoms with E-state index in [4.69, 9.17) is 4.42 Å². The summed E-state index contributed by atoms with van der Waals surface area (Å²) in [7, 11) is 0. The van der Waals surface area contributed by atoms with E-state index in [0.717, 1.165) is 11.5 Å². The molecule has 0 unspecified atom stereocenters. The molecule has 0 fully saturated rings. The van der Waals surface area contributed by atoms with Crippen molar-refractivity contribution in [3.05, 3.63) is 30.0 Å². The first-order valence-electron chi connectivity index (χ1n) is 6.47. The van der Waals surface area contributed by atoms with Gasteiger partial charge in [0.25, 0.3) is 0 Å². The van der Waals surface area contributed by atoms with Crippen molar-refractivity contribution in [1.29, 1.82) is 0 Å². The van der Waals surface area contributed by atoms with E-state index < -0.39 is 0 Å². The van der Waals surface area contributed by atoms with Crippen molar-refractivity contribution in [2.75, 3.05) is 5.43 Å². The van der Waals surface area contributed by atoms with Gasteiger partial charge in [-0.2, -0.15) is 0 Å². The molecule has 108 valence electrons. The van der Waals surface area contributed by atoms with E-state index in [0.29, 0.717) is 18.7 Å². The number of aromatic nitrogens is 4. The Bertz CT molecular complexity index is 580. The van der Waals surface area contributed by atoms with Crippen molar-refractivity contribution in [2.45, 2.75) is 46.0 Å². The van der Waals surface area contributed by atoms with Crippen molar-refractivity contribution >= 4 is 5.91 Å². The topological polar surface area (TPSA) is 85.8 Å². The van der Waals surface area contributed by atoms with E-state index in [1.807, 2.05) is 27.7 Å². The SMILES string of the molecule is Cc1nc(C(C)(C)C)oc1CCC(=O)Nn1cnnc1. The molecule has 0 aliphatic heterocycles. The number of rotatable bonds is 4. The Morgan fingerprint density at radius 1 is 1.35 bits per heavy atom. The number of oxazole rings is 1. The molecule has 2 aromatic heterocycles. The van der Waals surface area contributed by atoms with Crippen LogP contribution in [0.3, 0.4) is 0 Å². The quantitative estimate of drug-likeness (QED) is 0.916. The highest BCUT2D eigenvalue weighted by Gasteiger charge is 2.22. The standard InChI is InChI=1S/C13H19N5O2/c1-9-10(20-12(16-9)13(2,3)4)5-6-11(19)17-18-7-14-15-8-18/h7-8H,5-6H2,1-4H3,(H,17,19). The number of carbonyl (C=O) groups is 1. The molecule has 0 aliphatic rings. The van der Waals surface area contributed by atoms with Crippen LogP contribution in [-0.4, -0.2) is 25.8 Å². The van der Waals surface area contributed by atoms with Crippen molar-refractivity contribution in [1.82, 2.24) is 19.9 Å². The number of amides is 1. The fraction of sp³-hybridized carbons (Fsp3) is 0.538. The summed E-state index contributed by atoms with van der Waals surface area (Å²) >= 11 is 0. The summed E-state index contributed by atoms with van der Waals surface area (Å²) < 4.78 is 7.15. The van der Waals surface area contributed by atoms with Crippen molar-refractivity contribution < 1.29 is 9.21 Å². The molecular weight excluding hydrogens is 258 g/mol. The van der Waals surface area contributed by atoms with E-state index >= 15 is 0 Å². The highest BCUT2D eigenvalue weighted by molar-refractivity contribution is 5.83. The summed E-state index contributed by atoms with van der Waals surface area (Å²) in [5.74, 6) is 1.33. The largest absolute Gasteiger partial charge is 0.445 e. The van der Waals surface area contributed by atoms with Gasteiger partial charge in [0.1, 0.15) is 18.4 Å². The van der Waals surface area contributed by atoms with Gasteiger partial charge in [0, 0.05) is 18.3 Å². The van der Waals surface area contributed by atoms with Crippen LogP contribution in [0.4, 0.5) is 0 Å². The predicted molar refractivity (Wildman–Crippen MR) is 72.7 cm³/mol. The van der Waals surface area contributed by atoms with Gasteiger partial charge in [-0.3, -0.25) is 10.2 Å². The molecule has 0 bridgehead atoms. The third-order valence-corrected chi connectivity index (χ3v) is 2.79. The summed E-state index contributed by atoms with van der Waals surface area (Å²) in [6.45, 7) is 8.02. The summed E-state index contributed by atoms with van der Waals surface area (Å²) in [6, 6.07) is 0. The summed E-state index contributed by atoms with van der Waals surface area (Å²) in [6.07, 6.45) is 3.69. The molecule has 0 aliphatic carbocycles. The molecule has 2 rings (SSSR count). The third-order valence-electron chi connectivity index (χ3n) is 2.79. The first-order valence-corrected chi connectivity index (χ1v) is 6.47. The maximum absolute atomic E-state index is 11.7. The van der Waals surface area contributed by atoms with Crippen molar-refractivity contribution in [3.63, 3.8) is 0 Å². The van der Waals surface area contributed by atoms with E-state index in [2.05, 4.69) is 20.6 Å². The zero-order chi connectivity index (χ0) is 14.8. The van der Waals surface area contributed by atoms with E-state index in [-0.39, 0.29) is 11.3 Å². The van der Waals surface area contributed by atoms with Crippen LogP contribution in [-0.2, 0) is 16.6 Å². The van der Waals surface area contributed by atoms with Crippen LogP contribution < -0.4 is 5.43 Å². The average Bonchev–Trinajstić information content (AvgIpc) is 2.95. The van der Waals surface area contributed by atoms with Gasteiger partial charge >= 0.3 is 0 Å². The van der Waals surface area contributed by atoms with E-state index in [1.54, 1.807) is 0 Å². The molecule has 7 heteroatoms. The number of hydrogen-bond acceptors (Lipinski definition) is 5. The molecule has 1 N–H and O–H groups in total. The van der Waals surface area contributed by atoms with E-state index in [9.17, 15) is 4.79 Å². The molecule has 0 aromatic carbocycles. The number of carbonyl (C=O) groups excluding carboxylic acids is 1. The maximum Gasteiger partial charge on any atom is 0.239 e. The smallest absolute Gasteiger partial charge is 0.239 e. The fourth-order valence-electron chi connectivity index (χ4n) is 1.67. The van der Waals surface area contributed by atoms with Gasteiger partial charge in [-0.15, -0.1) is 10.2 Å². The Morgan fingerprint density at radius 3 is 2.55 bits per heavy atom. The highest BCUT2D eigenvalue weighted by atomic mass is 16.4. The third kappa shape index (κ3) is 3.43. The molecular formula is C13H19N5O2. The van der Waals surface area contributed by atoms with Crippen LogP contribution >= 0.6 is 0 Å². The zero-order valence-electron chi connectivity index (χ0n) is 12.2. The Morgan fingerprint density at radius 2 is 2.00 bits per heavy atom. The zero-order valence-corrected chi connectivity index (χ0v) is 12.2. The molecule has 2 heterocycles. The minimum atomic E-state index is -0.131. The normalized spacial score (nSPS) is 11.6. The lowest BCUT2D eigenvalue weighted by atomic mass is 9.97. The van der Waals surface area contributed by atoms with Crippen molar-refractivity contribution in [3.8, 4) is 0 Å². The minimum Gasteiger partial charge on any atom is -0.445 e. The summed E-state index contributed by atoms with van der Waals surface area (Å²) in [4.78, 5) is 16.2. The average molecular weight is 277 g/mol. The lowest BCUT2D eigenvalue weighted by molar-refractivity contribution is -0.117. The number of nitrogens with one attached hydrogen (secondary N) is 1. The molecule has 2 aromatic rings. The minimum absolute atomic E-state index is 0.127. The van der Waals surface area contributed by atoms with Gasteiger partial charge in [-0.25, -0.2) is 9.66 Å². The molecule has 20 heavy (non-hydrogen) atoms. The number of nitrogens with zero attached hydrogens (tertiary/aromatic N) is 4. The van der Waals surface area contributed by atoms with Crippen LogP contribution in [0.2, 0.25) is 0 Å². The second-order valence-corrected chi connectivity index (χ2v) is 5.68. The predicted octanol–water partition coefficient (Wildman–Crippen LogP) is 1.57. The molecule has 0 radical (unpaired) electrons.